The van der Waals surface area contributed by atoms with Gasteiger partial charge < -0.3 is 10.6 Å². The van der Waals surface area contributed by atoms with Crippen molar-refractivity contribution < 1.29 is 9.59 Å². The van der Waals surface area contributed by atoms with Gasteiger partial charge in [0.05, 0.1) is 0 Å². The fourth-order valence-electron chi connectivity index (χ4n) is 2.29. The molecule has 2 aliphatic heterocycles. The SMILES string of the molecule is CCC1(C)NC(=O)N(C[C@@H]2CCCN2)C1=O. The van der Waals surface area contributed by atoms with Gasteiger partial charge in [-0.3, -0.25) is 9.69 Å². The Morgan fingerprint density at radius 3 is 2.75 bits per heavy atom. The standard InChI is InChI=1S/C11H19N3O2/c1-3-11(2)9(15)14(10(16)13-11)7-8-5-4-6-12-8/h8,12H,3-7H2,1-2H3,(H,13,16)/t8-,11?/m0/s1. The van der Waals surface area contributed by atoms with Crippen LogP contribution in [0.3, 0.4) is 0 Å². The molecule has 5 nitrogen and oxygen atoms in total. The molecule has 16 heavy (non-hydrogen) atoms. The zero-order valence-electron chi connectivity index (χ0n) is 9.88. The molecule has 0 aromatic carbocycles. The van der Waals surface area contributed by atoms with Gasteiger partial charge >= 0.3 is 6.03 Å². The number of carbonyl (C=O) groups is 2. The largest absolute Gasteiger partial charge is 0.325 e. The minimum atomic E-state index is -0.699. The van der Waals surface area contributed by atoms with Crippen LogP contribution in [-0.4, -0.2) is 41.5 Å². The summed E-state index contributed by atoms with van der Waals surface area (Å²) in [6.07, 6.45) is 2.80. The summed E-state index contributed by atoms with van der Waals surface area (Å²) in [7, 11) is 0. The lowest BCUT2D eigenvalue weighted by atomic mass is 9.99. The minimum absolute atomic E-state index is 0.0892. The van der Waals surface area contributed by atoms with Crippen molar-refractivity contribution in [3.8, 4) is 0 Å². The highest BCUT2D eigenvalue weighted by Crippen LogP contribution is 2.21. The van der Waals surface area contributed by atoms with E-state index in [1.165, 1.54) is 4.90 Å². The third kappa shape index (κ3) is 1.80. The van der Waals surface area contributed by atoms with Crippen LogP contribution in [0.15, 0.2) is 0 Å². The van der Waals surface area contributed by atoms with Crippen molar-refractivity contribution in [3.05, 3.63) is 0 Å². The van der Waals surface area contributed by atoms with Gasteiger partial charge in [0, 0.05) is 12.6 Å². The Kier molecular flexibility index (Phi) is 2.88. The van der Waals surface area contributed by atoms with Crippen molar-refractivity contribution >= 4 is 11.9 Å². The van der Waals surface area contributed by atoms with Crippen LogP contribution in [0.25, 0.3) is 0 Å². The Bertz CT molecular complexity index is 312. The molecule has 0 radical (unpaired) electrons. The molecule has 2 rings (SSSR count). The van der Waals surface area contributed by atoms with E-state index in [9.17, 15) is 9.59 Å². The normalized spacial score (nSPS) is 34.6. The second kappa shape index (κ2) is 4.05. The van der Waals surface area contributed by atoms with Crippen LogP contribution < -0.4 is 10.6 Å². The van der Waals surface area contributed by atoms with E-state index in [1.807, 2.05) is 6.92 Å². The fraction of sp³-hybridized carbons (Fsp3) is 0.818. The number of hydrogen-bond donors (Lipinski definition) is 2. The van der Waals surface area contributed by atoms with Crippen LogP contribution >= 0.6 is 0 Å². The molecule has 0 aromatic heterocycles. The molecule has 2 heterocycles. The highest BCUT2D eigenvalue weighted by atomic mass is 16.2. The smallest absolute Gasteiger partial charge is 0.323 e. The van der Waals surface area contributed by atoms with E-state index >= 15 is 0 Å². The summed E-state index contributed by atoms with van der Waals surface area (Å²) < 4.78 is 0. The molecule has 0 aliphatic carbocycles. The zero-order valence-corrected chi connectivity index (χ0v) is 9.88. The summed E-state index contributed by atoms with van der Waals surface area (Å²) in [6.45, 7) is 5.18. The van der Waals surface area contributed by atoms with Crippen LogP contribution in [-0.2, 0) is 4.79 Å². The molecule has 2 aliphatic rings. The van der Waals surface area contributed by atoms with Crippen molar-refractivity contribution in [1.29, 1.82) is 0 Å². The van der Waals surface area contributed by atoms with Crippen molar-refractivity contribution in [2.24, 2.45) is 0 Å². The molecule has 3 amide bonds. The number of rotatable bonds is 3. The highest BCUT2D eigenvalue weighted by molar-refractivity contribution is 6.06. The van der Waals surface area contributed by atoms with Crippen molar-refractivity contribution in [1.82, 2.24) is 15.5 Å². The van der Waals surface area contributed by atoms with E-state index < -0.39 is 5.54 Å². The molecule has 90 valence electrons. The summed E-state index contributed by atoms with van der Waals surface area (Å²) in [6, 6.07) is 0.0250. The van der Waals surface area contributed by atoms with Gasteiger partial charge in [-0.25, -0.2) is 4.79 Å². The predicted octanol–water partition coefficient (Wildman–Crippen LogP) is 0.459. The Morgan fingerprint density at radius 2 is 2.25 bits per heavy atom. The van der Waals surface area contributed by atoms with E-state index in [4.69, 9.17) is 0 Å². The first-order valence-corrected chi connectivity index (χ1v) is 5.94. The van der Waals surface area contributed by atoms with Gasteiger partial charge in [0.15, 0.2) is 0 Å². The molecule has 1 unspecified atom stereocenters. The molecule has 2 atom stereocenters. The number of imide groups is 1. The Morgan fingerprint density at radius 1 is 1.50 bits per heavy atom. The average Bonchev–Trinajstić information content (AvgIpc) is 2.83. The number of hydrogen-bond acceptors (Lipinski definition) is 3. The van der Waals surface area contributed by atoms with E-state index in [0.717, 1.165) is 19.4 Å². The third-order valence-corrected chi connectivity index (χ3v) is 3.62. The van der Waals surface area contributed by atoms with E-state index in [1.54, 1.807) is 6.92 Å². The molecule has 2 saturated heterocycles. The molecule has 0 spiro atoms. The quantitative estimate of drug-likeness (QED) is 0.686. The van der Waals surface area contributed by atoms with Crippen LogP contribution in [0, 0.1) is 0 Å². The highest BCUT2D eigenvalue weighted by Gasteiger charge is 2.46. The summed E-state index contributed by atoms with van der Waals surface area (Å²) in [4.78, 5) is 25.1. The monoisotopic (exact) mass is 225 g/mol. The lowest BCUT2D eigenvalue weighted by Crippen LogP contribution is -2.44. The predicted molar refractivity (Wildman–Crippen MR) is 60.0 cm³/mol. The van der Waals surface area contributed by atoms with Gasteiger partial charge in [-0.2, -0.15) is 0 Å². The summed E-state index contributed by atoms with van der Waals surface area (Å²) in [5.41, 5.74) is -0.699. The third-order valence-electron chi connectivity index (χ3n) is 3.62. The lowest BCUT2D eigenvalue weighted by molar-refractivity contribution is -0.131. The van der Waals surface area contributed by atoms with E-state index in [-0.39, 0.29) is 18.0 Å². The minimum Gasteiger partial charge on any atom is -0.323 e. The van der Waals surface area contributed by atoms with Gasteiger partial charge in [0.2, 0.25) is 0 Å². The molecule has 0 saturated carbocycles. The molecular weight excluding hydrogens is 206 g/mol. The number of nitrogens with zero attached hydrogens (tertiary/aromatic N) is 1. The Balaban J connectivity index is 2.04. The van der Waals surface area contributed by atoms with Gasteiger partial charge in [0.25, 0.3) is 5.91 Å². The maximum absolute atomic E-state index is 12.1. The molecule has 2 N–H and O–H groups in total. The number of amides is 3. The van der Waals surface area contributed by atoms with Crippen molar-refractivity contribution in [2.75, 3.05) is 13.1 Å². The first kappa shape index (κ1) is 11.4. The number of urea groups is 1. The van der Waals surface area contributed by atoms with Crippen LogP contribution in [0.2, 0.25) is 0 Å². The average molecular weight is 225 g/mol. The van der Waals surface area contributed by atoms with Gasteiger partial charge in [-0.05, 0) is 32.7 Å². The molecule has 2 fully saturated rings. The topological polar surface area (TPSA) is 61.4 Å². The lowest BCUT2D eigenvalue weighted by Gasteiger charge is -2.21. The van der Waals surface area contributed by atoms with Crippen LogP contribution in [0.5, 0.6) is 0 Å². The van der Waals surface area contributed by atoms with Gasteiger partial charge in [-0.1, -0.05) is 6.92 Å². The first-order valence-electron chi connectivity index (χ1n) is 5.94. The Labute approximate surface area is 95.6 Å². The molecule has 5 heteroatoms. The van der Waals surface area contributed by atoms with Gasteiger partial charge in [-0.15, -0.1) is 0 Å². The molecular formula is C11H19N3O2. The maximum Gasteiger partial charge on any atom is 0.325 e. The number of carbonyl (C=O) groups excluding carboxylic acids is 2. The van der Waals surface area contributed by atoms with Crippen LogP contribution in [0.1, 0.15) is 33.1 Å². The van der Waals surface area contributed by atoms with Crippen molar-refractivity contribution in [3.63, 3.8) is 0 Å². The summed E-state index contributed by atoms with van der Waals surface area (Å²) in [5.74, 6) is -0.0892. The summed E-state index contributed by atoms with van der Waals surface area (Å²) >= 11 is 0. The summed E-state index contributed by atoms with van der Waals surface area (Å²) in [5, 5.41) is 6.06. The van der Waals surface area contributed by atoms with Crippen molar-refractivity contribution in [2.45, 2.75) is 44.7 Å². The Hall–Kier alpha value is -1.10. The maximum atomic E-state index is 12.1. The second-order valence-electron chi connectivity index (χ2n) is 4.82. The fourth-order valence-corrected chi connectivity index (χ4v) is 2.29. The van der Waals surface area contributed by atoms with E-state index in [2.05, 4.69) is 10.6 Å². The molecule has 0 aromatic rings. The van der Waals surface area contributed by atoms with Gasteiger partial charge in [0.1, 0.15) is 5.54 Å². The molecule has 0 bridgehead atoms. The number of nitrogens with one attached hydrogen (secondary N) is 2. The second-order valence-corrected chi connectivity index (χ2v) is 4.82. The van der Waals surface area contributed by atoms with Crippen LogP contribution in [0.4, 0.5) is 4.79 Å². The zero-order chi connectivity index (χ0) is 11.8. The van der Waals surface area contributed by atoms with E-state index in [0.29, 0.717) is 13.0 Å². The first-order chi connectivity index (χ1) is 7.57.